The van der Waals surface area contributed by atoms with Gasteiger partial charge in [0.1, 0.15) is 5.78 Å². The van der Waals surface area contributed by atoms with Crippen LogP contribution in [0.4, 0.5) is 0 Å². The number of Topliss-reactive ketones (excluding diaryl/α,β-unsaturated/α-hetero) is 1. The third kappa shape index (κ3) is 5.63. The lowest BCUT2D eigenvalue weighted by Gasteiger charge is -1.87. The average Bonchev–Trinajstić information content (AvgIpc) is 1.68. The maximum atomic E-state index is 10.4. The molecule has 0 radical (unpaired) electrons. The quantitative estimate of drug-likeness (QED) is 0.544. The zero-order valence-electron chi connectivity index (χ0n) is 5.53. The second kappa shape index (κ2) is 6.63. The molecule has 0 aliphatic carbocycles. The smallest absolute Gasteiger partial charge is 0.132 e. The third-order valence-electron chi connectivity index (χ3n) is 0.923. The molecule has 0 spiro atoms. The highest BCUT2D eigenvalue weighted by molar-refractivity contribution is 5.77. The van der Waals surface area contributed by atoms with E-state index < -0.39 is 0 Å². The summed E-state index contributed by atoms with van der Waals surface area (Å²) in [5, 5.41) is 0. The van der Waals surface area contributed by atoms with Crippen LogP contribution in [0.1, 0.15) is 33.1 Å². The Labute approximate surface area is 50.2 Å². The predicted molar refractivity (Wildman–Crippen MR) is 33.8 cm³/mol. The van der Waals surface area contributed by atoms with Crippen LogP contribution in [0.25, 0.3) is 0 Å². The van der Waals surface area contributed by atoms with Gasteiger partial charge >= 0.3 is 0 Å². The number of carbonyl (C=O) groups excluding carboxylic acids is 1. The van der Waals surface area contributed by atoms with Crippen molar-refractivity contribution in [2.24, 2.45) is 0 Å². The first-order chi connectivity index (χ1) is 3.31. The first-order valence-electron chi connectivity index (χ1n) is 2.83. The van der Waals surface area contributed by atoms with Gasteiger partial charge in [-0.05, 0) is 6.42 Å². The Hall–Kier alpha value is -0.370. The van der Waals surface area contributed by atoms with Crippen molar-refractivity contribution in [1.29, 1.82) is 0 Å². The van der Waals surface area contributed by atoms with Crippen LogP contribution in [0.5, 0.6) is 0 Å². The van der Waals surface area contributed by atoms with Crippen LogP contribution in [0.2, 0.25) is 0 Å². The van der Waals surface area contributed by atoms with Gasteiger partial charge in [-0.2, -0.15) is 0 Å². The van der Waals surface area contributed by atoms with Gasteiger partial charge in [-0.15, -0.1) is 0 Å². The molecule has 0 saturated heterocycles. The Bertz CT molecular complexity index is 59.5. The summed E-state index contributed by atoms with van der Waals surface area (Å²) in [6.07, 6.45) is 2.46. The van der Waals surface area contributed by atoms with Gasteiger partial charge in [0.2, 0.25) is 0 Å². The van der Waals surface area contributed by atoms with Gasteiger partial charge in [0.15, 0.2) is 0 Å². The van der Waals surface area contributed by atoms with E-state index in [2.05, 4.69) is 0 Å². The van der Waals surface area contributed by atoms with E-state index in [-0.39, 0.29) is 5.48 Å². The lowest BCUT2D eigenvalue weighted by Crippen LogP contribution is -1.91. The molecule has 0 rings (SSSR count). The standard InChI is InChI=1S/C6H12O.H2O/c1-3-5-6(7)4-2;/h3-5H2,1-2H3;1H2. The van der Waals surface area contributed by atoms with Crippen molar-refractivity contribution in [1.82, 2.24) is 0 Å². The van der Waals surface area contributed by atoms with Gasteiger partial charge < -0.3 is 5.48 Å². The van der Waals surface area contributed by atoms with E-state index in [1.165, 1.54) is 0 Å². The van der Waals surface area contributed by atoms with Gasteiger partial charge in [-0.1, -0.05) is 13.8 Å². The SMILES string of the molecule is CCCC(=O)CC.O. The molecule has 0 heterocycles. The molecule has 0 aromatic heterocycles. The van der Waals surface area contributed by atoms with Crippen molar-refractivity contribution in [2.45, 2.75) is 33.1 Å². The normalized spacial score (nSPS) is 7.75. The molecular formula is C6H14O2. The molecule has 8 heavy (non-hydrogen) atoms. The number of ketones is 1. The summed E-state index contributed by atoms with van der Waals surface area (Å²) in [6, 6.07) is 0. The van der Waals surface area contributed by atoms with Crippen LogP contribution >= 0.6 is 0 Å². The molecule has 0 fully saturated rings. The molecule has 0 aliphatic heterocycles. The van der Waals surface area contributed by atoms with E-state index in [0.29, 0.717) is 12.2 Å². The molecule has 2 nitrogen and oxygen atoms in total. The van der Waals surface area contributed by atoms with Crippen LogP contribution in [0.15, 0.2) is 0 Å². The predicted octanol–water partition coefficient (Wildman–Crippen LogP) is 0.941. The molecular weight excluding hydrogens is 104 g/mol. The molecule has 2 heteroatoms. The Morgan fingerprint density at radius 2 is 1.88 bits per heavy atom. The van der Waals surface area contributed by atoms with Crippen LogP contribution in [-0.2, 0) is 4.79 Å². The molecule has 0 saturated carbocycles. The number of carbonyl (C=O) groups is 1. The van der Waals surface area contributed by atoms with E-state index in [1.54, 1.807) is 0 Å². The van der Waals surface area contributed by atoms with Crippen molar-refractivity contribution in [3.05, 3.63) is 0 Å². The molecule has 0 bridgehead atoms. The average molecular weight is 118 g/mol. The number of hydrogen-bond donors (Lipinski definition) is 0. The zero-order chi connectivity index (χ0) is 5.70. The first-order valence-corrected chi connectivity index (χ1v) is 2.83. The highest BCUT2D eigenvalue weighted by Gasteiger charge is 1.91. The minimum absolute atomic E-state index is 0. The number of hydrogen-bond acceptors (Lipinski definition) is 1. The maximum Gasteiger partial charge on any atom is 0.132 e. The Kier molecular flexibility index (Phi) is 8.77. The fourth-order valence-corrected chi connectivity index (χ4v) is 0.456. The molecule has 0 aromatic rings. The summed E-state index contributed by atoms with van der Waals surface area (Å²) in [6.45, 7) is 3.92. The van der Waals surface area contributed by atoms with Crippen molar-refractivity contribution in [3.8, 4) is 0 Å². The number of rotatable bonds is 3. The van der Waals surface area contributed by atoms with Crippen molar-refractivity contribution < 1.29 is 10.3 Å². The highest BCUT2D eigenvalue weighted by atomic mass is 16.1. The summed E-state index contributed by atoms with van der Waals surface area (Å²) >= 11 is 0. The lowest BCUT2D eigenvalue weighted by molar-refractivity contribution is -0.118. The Morgan fingerprint density at radius 3 is 2.00 bits per heavy atom. The van der Waals surface area contributed by atoms with Gasteiger partial charge in [0.25, 0.3) is 0 Å². The van der Waals surface area contributed by atoms with Crippen LogP contribution < -0.4 is 0 Å². The Morgan fingerprint density at radius 1 is 1.38 bits per heavy atom. The van der Waals surface area contributed by atoms with Gasteiger partial charge in [-0.25, -0.2) is 0 Å². The van der Waals surface area contributed by atoms with E-state index in [1.807, 2.05) is 13.8 Å². The van der Waals surface area contributed by atoms with E-state index >= 15 is 0 Å². The van der Waals surface area contributed by atoms with Gasteiger partial charge in [-0.3, -0.25) is 4.79 Å². The van der Waals surface area contributed by atoms with Crippen LogP contribution in [-0.4, -0.2) is 11.3 Å². The Balaban J connectivity index is 0. The molecule has 0 unspecified atom stereocenters. The second-order valence-electron chi connectivity index (χ2n) is 1.64. The van der Waals surface area contributed by atoms with Crippen molar-refractivity contribution >= 4 is 5.78 Å². The highest BCUT2D eigenvalue weighted by Crippen LogP contribution is 1.90. The van der Waals surface area contributed by atoms with Gasteiger partial charge in [0.05, 0.1) is 0 Å². The minimum Gasteiger partial charge on any atom is -0.412 e. The summed E-state index contributed by atoms with van der Waals surface area (Å²) in [4.78, 5) is 10.4. The van der Waals surface area contributed by atoms with Crippen molar-refractivity contribution in [3.63, 3.8) is 0 Å². The van der Waals surface area contributed by atoms with Crippen LogP contribution in [0.3, 0.4) is 0 Å². The van der Waals surface area contributed by atoms with Crippen LogP contribution in [0, 0.1) is 0 Å². The molecule has 0 atom stereocenters. The largest absolute Gasteiger partial charge is 0.412 e. The van der Waals surface area contributed by atoms with Crippen molar-refractivity contribution in [2.75, 3.05) is 0 Å². The summed E-state index contributed by atoms with van der Waals surface area (Å²) < 4.78 is 0. The lowest BCUT2D eigenvalue weighted by atomic mass is 10.2. The minimum atomic E-state index is 0. The monoisotopic (exact) mass is 118 g/mol. The molecule has 50 valence electrons. The molecule has 0 amide bonds. The molecule has 0 aliphatic rings. The fourth-order valence-electron chi connectivity index (χ4n) is 0.456. The van der Waals surface area contributed by atoms with E-state index in [4.69, 9.17) is 0 Å². The fraction of sp³-hybridized carbons (Fsp3) is 0.833. The molecule has 0 aromatic carbocycles. The maximum absolute atomic E-state index is 10.4. The van der Waals surface area contributed by atoms with E-state index in [9.17, 15) is 4.79 Å². The molecule has 2 N–H and O–H groups in total. The summed E-state index contributed by atoms with van der Waals surface area (Å²) in [5.41, 5.74) is 0. The van der Waals surface area contributed by atoms with Gasteiger partial charge in [0, 0.05) is 12.8 Å². The second-order valence-corrected chi connectivity index (χ2v) is 1.64. The summed E-state index contributed by atoms with van der Waals surface area (Å²) in [7, 11) is 0. The summed E-state index contributed by atoms with van der Waals surface area (Å²) in [5.74, 6) is 0.377. The first kappa shape index (κ1) is 10.6. The van der Waals surface area contributed by atoms with E-state index in [0.717, 1.165) is 12.8 Å². The topological polar surface area (TPSA) is 48.6 Å². The zero-order valence-corrected chi connectivity index (χ0v) is 5.53. The third-order valence-corrected chi connectivity index (χ3v) is 0.923.